The summed E-state index contributed by atoms with van der Waals surface area (Å²) < 4.78 is 13.5. The largest absolute Gasteiger partial charge is 0.318 e. The van der Waals surface area contributed by atoms with Gasteiger partial charge in [0, 0.05) is 0 Å². The van der Waals surface area contributed by atoms with Crippen molar-refractivity contribution in [3.8, 4) is 0 Å². The molecule has 0 aliphatic carbocycles. The third-order valence-electron chi connectivity index (χ3n) is 3.53. The normalized spacial score (nSPS) is 14.2. The second-order valence-electron chi connectivity index (χ2n) is 4.65. The Bertz CT molecular complexity index is 536. The van der Waals surface area contributed by atoms with E-state index in [9.17, 15) is 4.39 Å². The molecule has 0 aliphatic heterocycles. The Morgan fingerprint density at radius 3 is 2.39 bits per heavy atom. The van der Waals surface area contributed by atoms with Crippen molar-refractivity contribution in [2.24, 2.45) is 5.73 Å². The molecule has 0 saturated heterocycles. The molecule has 1 unspecified atom stereocenters. The first-order valence-electron chi connectivity index (χ1n) is 6.19. The Labute approximate surface area is 107 Å². The number of nitrogens with two attached hydrogens (primary N) is 1. The van der Waals surface area contributed by atoms with Gasteiger partial charge >= 0.3 is 0 Å². The van der Waals surface area contributed by atoms with Crippen LogP contribution in [0.4, 0.5) is 4.39 Å². The van der Waals surface area contributed by atoms with Crippen LogP contribution in [0, 0.1) is 12.7 Å². The summed E-state index contributed by atoms with van der Waals surface area (Å²) in [6, 6.07) is 14.7. The SMILES string of the molecule is CCC(N)(c1ccccc1)c1cc(F)ccc1C. The molecule has 1 atom stereocenters. The highest BCUT2D eigenvalue weighted by Gasteiger charge is 2.29. The fourth-order valence-corrected chi connectivity index (χ4v) is 2.36. The first-order valence-corrected chi connectivity index (χ1v) is 6.19. The van der Waals surface area contributed by atoms with Crippen molar-refractivity contribution in [1.82, 2.24) is 0 Å². The van der Waals surface area contributed by atoms with Gasteiger partial charge in [0.05, 0.1) is 5.54 Å². The van der Waals surface area contributed by atoms with Crippen molar-refractivity contribution in [3.63, 3.8) is 0 Å². The van der Waals surface area contributed by atoms with Gasteiger partial charge in [0.1, 0.15) is 5.82 Å². The molecule has 0 bridgehead atoms. The Morgan fingerprint density at radius 2 is 1.78 bits per heavy atom. The van der Waals surface area contributed by atoms with Crippen LogP contribution in [0.25, 0.3) is 0 Å². The molecular formula is C16H18FN. The standard InChI is InChI=1S/C16H18FN/c1-3-16(18,13-7-5-4-6-8-13)15-11-14(17)10-9-12(15)2/h4-11H,3,18H2,1-2H3. The molecule has 18 heavy (non-hydrogen) atoms. The van der Waals surface area contributed by atoms with E-state index in [2.05, 4.69) is 0 Å². The van der Waals surface area contributed by atoms with Crippen LogP contribution < -0.4 is 5.73 Å². The lowest BCUT2D eigenvalue weighted by atomic mass is 9.79. The minimum absolute atomic E-state index is 0.241. The smallest absolute Gasteiger partial charge is 0.123 e. The average Bonchev–Trinajstić information content (AvgIpc) is 2.41. The van der Waals surface area contributed by atoms with E-state index in [-0.39, 0.29) is 5.82 Å². The Balaban J connectivity index is 2.60. The molecule has 94 valence electrons. The summed E-state index contributed by atoms with van der Waals surface area (Å²) in [5.74, 6) is -0.241. The molecule has 0 heterocycles. The number of hydrogen-bond acceptors (Lipinski definition) is 1. The molecule has 0 aliphatic rings. The average molecular weight is 243 g/mol. The zero-order valence-corrected chi connectivity index (χ0v) is 10.8. The number of benzene rings is 2. The van der Waals surface area contributed by atoms with E-state index in [0.29, 0.717) is 0 Å². The fourth-order valence-electron chi connectivity index (χ4n) is 2.36. The number of hydrogen-bond donors (Lipinski definition) is 1. The summed E-state index contributed by atoms with van der Waals surface area (Å²) in [6.45, 7) is 3.99. The minimum atomic E-state index is -0.632. The number of aryl methyl sites for hydroxylation is 1. The molecule has 2 N–H and O–H groups in total. The molecule has 2 aromatic carbocycles. The van der Waals surface area contributed by atoms with Crippen LogP contribution in [-0.4, -0.2) is 0 Å². The molecule has 0 saturated carbocycles. The van der Waals surface area contributed by atoms with Gasteiger partial charge in [0.15, 0.2) is 0 Å². The highest BCUT2D eigenvalue weighted by Crippen LogP contribution is 2.32. The summed E-state index contributed by atoms with van der Waals surface area (Å²) >= 11 is 0. The van der Waals surface area contributed by atoms with E-state index in [1.807, 2.05) is 44.2 Å². The fraction of sp³-hybridized carbons (Fsp3) is 0.250. The molecule has 2 heteroatoms. The van der Waals surface area contributed by atoms with Crippen molar-refractivity contribution < 1.29 is 4.39 Å². The van der Waals surface area contributed by atoms with Crippen LogP contribution in [0.5, 0.6) is 0 Å². The molecule has 0 fully saturated rings. The van der Waals surface area contributed by atoms with E-state index in [1.54, 1.807) is 12.1 Å². The van der Waals surface area contributed by atoms with E-state index in [4.69, 9.17) is 5.73 Å². The maximum atomic E-state index is 13.5. The highest BCUT2D eigenvalue weighted by molar-refractivity contribution is 5.42. The predicted molar refractivity (Wildman–Crippen MR) is 72.8 cm³/mol. The van der Waals surface area contributed by atoms with Gasteiger partial charge in [0.25, 0.3) is 0 Å². The van der Waals surface area contributed by atoms with E-state index in [0.717, 1.165) is 23.1 Å². The van der Waals surface area contributed by atoms with Crippen LogP contribution >= 0.6 is 0 Å². The lowest BCUT2D eigenvalue weighted by Crippen LogP contribution is -2.38. The van der Waals surface area contributed by atoms with Crippen LogP contribution in [0.3, 0.4) is 0 Å². The summed E-state index contributed by atoms with van der Waals surface area (Å²) in [6.07, 6.45) is 0.724. The molecule has 1 nitrogen and oxygen atoms in total. The molecule has 0 spiro atoms. The van der Waals surface area contributed by atoms with Crippen molar-refractivity contribution in [2.45, 2.75) is 25.8 Å². The molecule has 0 amide bonds. The first kappa shape index (κ1) is 12.8. The third-order valence-corrected chi connectivity index (χ3v) is 3.53. The van der Waals surface area contributed by atoms with E-state index in [1.165, 1.54) is 6.07 Å². The van der Waals surface area contributed by atoms with Gasteiger partial charge in [-0.1, -0.05) is 43.3 Å². The molecule has 2 aromatic rings. The van der Waals surface area contributed by atoms with Gasteiger partial charge in [-0.05, 0) is 42.2 Å². The monoisotopic (exact) mass is 243 g/mol. The van der Waals surface area contributed by atoms with Gasteiger partial charge < -0.3 is 5.73 Å². The summed E-state index contributed by atoms with van der Waals surface area (Å²) in [7, 11) is 0. The topological polar surface area (TPSA) is 26.0 Å². The second-order valence-corrected chi connectivity index (χ2v) is 4.65. The van der Waals surface area contributed by atoms with Crippen LogP contribution in [0.2, 0.25) is 0 Å². The van der Waals surface area contributed by atoms with Gasteiger partial charge in [0.2, 0.25) is 0 Å². The number of halogens is 1. The maximum Gasteiger partial charge on any atom is 0.123 e. The van der Waals surface area contributed by atoms with Crippen molar-refractivity contribution in [3.05, 3.63) is 71.0 Å². The first-order chi connectivity index (χ1) is 8.58. The summed E-state index contributed by atoms with van der Waals surface area (Å²) in [5.41, 5.74) is 8.80. The Morgan fingerprint density at radius 1 is 1.11 bits per heavy atom. The molecular weight excluding hydrogens is 225 g/mol. The Hall–Kier alpha value is -1.67. The van der Waals surface area contributed by atoms with E-state index >= 15 is 0 Å². The lowest BCUT2D eigenvalue weighted by Gasteiger charge is -2.31. The van der Waals surface area contributed by atoms with Crippen molar-refractivity contribution in [2.75, 3.05) is 0 Å². The summed E-state index contributed by atoms with van der Waals surface area (Å²) in [5, 5.41) is 0. The molecule has 2 rings (SSSR count). The van der Waals surface area contributed by atoms with Crippen molar-refractivity contribution in [1.29, 1.82) is 0 Å². The molecule has 0 radical (unpaired) electrons. The number of rotatable bonds is 3. The van der Waals surface area contributed by atoms with Gasteiger partial charge in [-0.25, -0.2) is 4.39 Å². The lowest BCUT2D eigenvalue weighted by molar-refractivity contribution is 0.509. The highest BCUT2D eigenvalue weighted by atomic mass is 19.1. The van der Waals surface area contributed by atoms with Crippen molar-refractivity contribution >= 4 is 0 Å². The minimum Gasteiger partial charge on any atom is -0.318 e. The summed E-state index contributed by atoms with van der Waals surface area (Å²) in [4.78, 5) is 0. The third kappa shape index (κ3) is 2.16. The zero-order valence-electron chi connectivity index (χ0n) is 10.8. The van der Waals surface area contributed by atoms with Crippen LogP contribution in [-0.2, 0) is 5.54 Å². The van der Waals surface area contributed by atoms with E-state index < -0.39 is 5.54 Å². The predicted octanol–water partition coefficient (Wildman–Crippen LogP) is 3.75. The van der Waals surface area contributed by atoms with Gasteiger partial charge in [-0.3, -0.25) is 0 Å². The second kappa shape index (κ2) is 4.91. The maximum absolute atomic E-state index is 13.5. The Kier molecular flexibility index (Phi) is 3.48. The molecule has 0 aromatic heterocycles. The van der Waals surface area contributed by atoms with Gasteiger partial charge in [-0.15, -0.1) is 0 Å². The van der Waals surface area contributed by atoms with Crippen LogP contribution in [0.1, 0.15) is 30.0 Å². The van der Waals surface area contributed by atoms with Gasteiger partial charge in [-0.2, -0.15) is 0 Å². The quantitative estimate of drug-likeness (QED) is 0.873. The van der Waals surface area contributed by atoms with Crippen LogP contribution in [0.15, 0.2) is 48.5 Å². The zero-order chi connectivity index (χ0) is 13.2.